The fourth-order valence-corrected chi connectivity index (χ4v) is 2.16. The van der Waals surface area contributed by atoms with Crippen molar-refractivity contribution < 1.29 is 4.79 Å². The van der Waals surface area contributed by atoms with Gasteiger partial charge in [0.1, 0.15) is 0 Å². The van der Waals surface area contributed by atoms with Crippen molar-refractivity contribution >= 4 is 6.03 Å². The molecule has 0 saturated heterocycles. The molecule has 1 N–H and O–H groups in total. The average Bonchev–Trinajstić information content (AvgIpc) is 2.84. The van der Waals surface area contributed by atoms with E-state index < -0.39 is 0 Å². The molecule has 1 aliphatic carbocycles. The SMILES string of the molecule is CCCCN(CCC)C(=O)NC=C1CCCC1. The highest BCUT2D eigenvalue weighted by Gasteiger charge is 2.11. The van der Waals surface area contributed by atoms with Gasteiger partial charge in [0.15, 0.2) is 0 Å². The summed E-state index contributed by atoms with van der Waals surface area (Å²) >= 11 is 0. The van der Waals surface area contributed by atoms with Crippen LogP contribution in [0.1, 0.15) is 58.8 Å². The van der Waals surface area contributed by atoms with E-state index in [1.165, 1.54) is 18.4 Å². The van der Waals surface area contributed by atoms with E-state index in [1.807, 2.05) is 11.1 Å². The number of unbranched alkanes of at least 4 members (excludes halogenated alkanes) is 1. The first-order valence-corrected chi connectivity index (χ1v) is 7.01. The highest BCUT2D eigenvalue weighted by Crippen LogP contribution is 2.22. The van der Waals surface area contributed by atoms with E-state index in [0.717, 1.165) is 45.2 Å². The van der Waals surface area contributed by atoms with Gasteiger partial charge in [-0.25, -0.2) is 4.79 Å². The molecule has 1 rings (SSSR count). The number of carbonyl (C=O) groups excluding carboxylic acids is 1. The van der Waals surface area contributed by atoms with E-state index in [0.29, 0.717) is 0 Å². The first-order chi connectivity index (χ1) is 8.27. The fraction of sp³-hybridized carbons (Fsp3) is 0.786. The van der Waals surface area contributed by atoms with Crippen LogP contribution in [0.3, 0.4) is 0 Å². The van der Waals surface area contributed by atoms with Crippen molar-refractivity contribution in [3.05, 3.63) is 11.8 Å². The normalized spacial score (nSPS) is 14.8. The Hall–Kier alpha value is -0.990. The van der Waals surface area contributed by atoms with Gasteiger partial charge < -0.3 is 10.2 Å². The molecule has 1 aliphatic rings. The van der Waals surface area contributed by atoms with E-state index >= 15 is 0 Å². The number of nitrogens with one attached hydrogen (secondary N) is 1. The Kier molecular flexibility index (Phi) is 6.75. The number of hydrogen-bond donors (Lipinski definition) is 1. The van der Waals surface area contributed by atoms with Crippen molar-refractivity contribution in [2.45, 2.75) is 58.8 Å². The lowest BCUT2D eigenvalue weighted by Crippen LogP contribution is -2.38. The van der Waals surface area contributed by atoms with Gasteiger partial charge in [-0.15, -0.1) is 0 Å². The minimum absolute atomic E-state index is 0.0692. The minimum Gasteiger partial charge on any atom is -0.325 e. The average molecular weight is 238 g/mol. The van der Waals surface area contributed by atoms with Gasteiger partial charge in [0, 0.05) is 19.3 Å². The molecule has 0 spiro atoms. The van der Waals surface area contributed by atoms with Crippen molar-refractivity contribution in [1.82, 2.24) is 10.2 Å². The Morgan fingerprint density at radius 2 is 1.94 bits per heavy atom. The molecule has 0 aliphatic heterocycles. The van der Waals surface area contributed by atoms with Crippen LogP contribution in [0.15, 0.2) is 11.8 Å². The molecule has 2 amide bonds. The third-order valence-corrected chi connectivity index (χ3v) is 3.21. The molecular formula is C14H26N2O. The van der Waals surface area contributed by atoms with Crippen LogP contribution in [0.2, 0.25) is 0 Å². The standard InChI is InChI=1S/C14H26N2O/c1-3-5-11-16(10-4-2)14(17)15-12-13-8-6-7-9-13/h12H,3-11H2,1-2H3,(H,15,17). The van der Waals surface area contributed by atoms with Gasteiger partial charge in [0.2, 0.25) is 0 Å². The fourth-order valence-electron chi connectivity index (χ4n) is 2.16. The molecule has 0 atom stereocenters. The Balaban J connectivity index is 2.37. The van der Waals surface area contributed by atoms with E-state index in [1.54, 1.807) is 0 Å². The summed E-state index contributed by atoms with van der Waals surface area (Å²) in [5, 5.41) is 2.94. The second-order valence-corrected chi connectivity index (χ2v) is 4.80. The lowest BCUT2D eigenvalue weighted by molar-refractivity contribution is 0.200. The highest BCUT2D eigenvalue weighted by atomic mass is 16.2. The molecule has 0 aromatic carbocycles. The van der Waals surface area contributed by atoms with Gasteiger partial charge in [-0.05, 0) is 38.5 Å². The van der Waals surface area contributed by atoms with Gasteiger partial charge in [-0.2, -0.15) is 0 Å². The van der Waals surface area contributed by atoms with Crippen LogP contribution in [0, 0.1) is 0 Å². The van der Waals surface area contributed by atoms with Crippen molar-refractivity contribution in [1.29, 1.82) is 0 Å². The molecule has 0 heterocycles. The maximum absolute atomic E-state index is 12.0. The van der Waals surface area contributed by atoms with Gasteiger partial charge >= 0.3 is 6.03 Å². The van der Waals surface area contributed by atoms with Gasteiger partial charge in [-0.3, -0.25) is 0 Å². The number of nitrogens with zero attached hydrogens (tertiary/aromatic N) is 1. The molecule has 17 heavy (non-hydrogen) atoms. The third kappa shape index (κ3) is 5.24. The van der Waals surface area contributed by atoms with Crippen LogP contribution in [-0.2, 0) is 0 Å². The zero-order chi connectivity index (χ0) is 12.5. The van der Waals surface area contributed by atoms with E-state index in [2.05, 4.69) is 19.2 Å². The summed E-state index contributed by atoms with van der Waals surface area (Å²) in [4.78, 5) is 13.9. The molecular weight excluding hydrogens is 212 g/mol. The van der Waals surface area contributed by atoms with E-state index in [9.17, 15) is 4.79 Å². The molecule has 0 aromatic rings. The quantitative estimate of drug-likeness (QED) is 0.752. The molecule has 1 fully saturated rings. The predicted octanol–water partition coefficient (Wildman–Crippen LogP) is 3.67. The Bertz CT molecular complexity index is 253. The summed E-state index contributed by atoms with van der Waals surface area (Å²) in [7, 11) is 0. The first-order valence-electron chi connectivity index (χ1n) is 7.01. The van der Waals surface area contributed by atoms with Crippen LogP contribution >= 0.6 is 0 Å². The molecule has 3 nitrogen and oxygen atoms in total. The number of hydrogen-bond acceptors (Lipinski definition) is 1. The van der Waals surface area contributed by atoms with Crippen LogP contribution in [-0.4, -0.2) is 24.0 Å². The van der Waals surface area contributed by atoms with Crippen LogP contribution < -0.4 is 5.32 Å². The summed E-state index contributed by atoms with van der Waals surface area (Å²) in [5.74, 6) is 0. The van der Waals surface area contributed by atoms with Crippen LogP contribution in [0.5, 0.6) is 0 Å². The van der Waals surface area contributed by atoms with Crippen molar-refractivity contribution in [3.63, 3.8) is 0 Å². The Labute approximate surface area is 105 Å². The molecule has 98 valence electrons. The second kappa shape index (κ2) is 8.15. The first kappa shape index (κ1) is 14.1. The molecule has 0 aromatic heterocycles. The van der Waals surface area contributed by atoms with Crippen molar-refractivity contribution in [3.8, 4) is 0 Å². The predicted molar refractivity (Wildman–Crippen MR) is 71.9 cm³/mol. The summed E-state index contributed by atoms with van der Waals surface area (Å²) in [5.41, 5.74) is 1.39. The number of urea groups is 1. The number of carbonyl (C=O) groups is 1. The topological polar surface area (TPSA) is 32.3 Å². The Morgan fingerprint density at radius 3 is 2.53 bits per heavy atom. The van der Waals surface area contributed by atoms with E-state index in [-0.39, 0.29) is 6.03 Å². The Morgan fingerprint density at radius 1 is 1.24 bits per heavy atom. The zero-order valence-corrected chi connectivity index (χ0v) is 11.3. The maximum atomic E-state index is 12.0. The highest BCUT2D eigenvalue weighted by molar-refractivity contribution is 5.75. The molecule has 0 bridgehead atoms. The molecule has 1 saturated carbocycles. The van der Waals surface area contributed by atoms with Crippen molar-refractivity contribution in [2.75, 3.05) is 13.1 Å². The summed E-state index contributed by atoms with van der Waals surface area (Å²) in [6.45, 7) is 6.00. The lowest BCUT2D eigenvalue weighted by Gasteiger charge is -2.21. The van der Waals surface area contributed by atoms with Gasteiger partial charge in [0.25, 0.3) is 0 Å². The summed E-state index contributed by atoms with van der Waals surface area (Å²) in [6.07, 6.45) is 10.0. The molecule has 0 unspecified atom stereocenters. The largest absolute Gasteiger partial charge is 0.325 e. The summed E-state index contributed by atoms with van der Waals surface area (Å²) < 4.78 is 0. The number of allylic oxidation sites excluding steroid dienone is 1. The van der Waals surface area contributed by atoms with E-state index in [4.69, 9.17) is 0 Å². The lowest BCUT2D eigenvalue weighted by atomic mass is 10.2. The summed E-state index contributed by atoms with van der Waals surface area (Å²) in [6, 6.07) is 0.0692. The van der Waals surface area contributed by atoms with Crippen LogP contribution in [0.25, 0.3) is 0 Å². The maximum Gasteiger partial charge on any atom is 0.321 e. The number of amides is 2. The van der Waals surface area contributed by atoms with Crippen molar-refractivity contribution in [2.24, 2.45) is 0 Å². The van der Waals surface area contributed by atoms with Gasteiger partial charge in [-0.1, -0.05) is 25.8 Å². The number of rotatable bonds is 6. The second-order valence-electron chi connectivity index (χ2n) is 4.80. The minimum atomic E-state index is 0.0692. The molecule has 0 radical (unpaired) electrons. The smallest absolute Gasteiger partial charge is 0.321 e. The van der Waals surface area contributed by atoms with Crippen LogP contribution in [0.4, 0.5) is 4.79 Å². The van der Waals surface area contributed by atoms with Gasteiger partial charge in [0.05, 0.1) is 0 Å². The molecule has 3 heteroatoms. The monoisotopic (exact) mass is 238 g/mol. The zero-order valence-electron chi connectivity index (χ0n) is 11.3. The third-order valence-electron chi connectivity index (χ3n) is 3.21.